The van der Waals surface area contributed by atoms with Gasteiger partial charge in [-0.25, -0.2) is 4.39 Å². The van der Waals surface area contributed by atoms with Crippen molar-refractivity contribution in [1.29, 1.82) is 0 Å². The van der Waals surface area contributed by atoms with Crippen molar-refractivity contribution in [2.45, 2.75) is 38.7 Å². The Morgan fingerprint density at radius 1 is 1.17 bits per heavy atom. The van der Waals surface area contributed by atoms with Gasteiger partial charge in [0, 0.05) is 19.5 Å². The number of carbonyl (C=O) groups excluding carboxylic acids is 1. The minimum Gasteiger partial charge on any atom is -0.481 e. The molecule has 5 nitrogen and oxygen atoms in total. The van der Waals surface area contributed by atoms with Gasteiger partial charge in [-0.05, 0) is 55.0 Å². The van der Waals surface area contributed by atoms with Gasteiger partial charge in [0.05, 0.1) is 6.10 Å². The van der Waals surface area contributed by atoms with Crippen molar-refractivity contribution >= 4 is 11.9 Å². The van der Waals surface area contributed by atoms with Gasteiger partial charge in [-0.15, -0.1) is 0 Å². The second-order valence-corrected chi connectivity index (χ2v) is 7.81. The number of rotatable bonds is 6. The quantitative estimate of drug-likeness (QED) is 0.783. The van der Waals surface area contributed by atoms with Gasteiger partial charge in [0.15, 0.2) is 0 Å². The van der Waals surface area contributed by atoms with E-state index in [1.165, 1.54) is 24.3 Å². The highest BCUT2D eigenvalue weighted by Gasteiger charge is 2.50. The van der Waals surface area contributed by atoms with Gasteiger partial charge in [-0.1, -0.05) is 36.4 Å². The Bertz CT molecular complexity index is 883. The third-order valence-corrected chi connectivity index (χ3v) is 5.86. The summed E-state index contributed by atoms with van der Waals surface area (Å²) in [5, 5.41) is 20.5. The fraction of sp³-hybridized carbons (Fsp3) is 0.391. The number of carbonyl (C=O) groups is 2. The van der Waals surface area contributed by atoms with Crippen LogP contribution in [-0.2, 0) is 22.4 Å². The third kappa shape index (κ3) is 4.65. The number of halogens is 1. The molecule has 0 bridgehead atoms. The lowest BCUT2D eigenvalue weighted by Gasteiger charge is -2.43. The molecule has 1 fully saturated rings. The van der Waals surface area contributed by atoms with Crippen molar-refractivity contribution in [3.05, 3.63) is 71.0 Å². The molecule has 2 aromatic carbocycles. The van der Waals surface area contributed by atoms with Crippen molar-refractivity contribution in [2.24, 2.45) is 5.41 Å². The zero-order valence-corrected chi connectivity index (χ0v) is 16.5. The number of likely N-dealkylation sites (tertiary alicyclic amines) is 1. The number of hydrogen-bond donors (Lipinski definition) is 2. The van der Waals surface area contributed by atoms with Gasteiger partial charge in [0.2, 0.25) is 5.91 Å². The number of benzene rings is 2. The second kappa shape index (κ2) is 8.74. The number of aliphatic hydroxyl groups is 1. The first kappa shape index (κ1) is 21.0. The molecular weight excluding hydrogens is 373 g/mol. The van der Waals surface area contributed by atoms with Crippen LogP contribution in [-0.4, -0.2) is 46.2 Å². The summed E-state index contributed by atoms with van der Waals surface area (Å²) in [5.74, 6) is -1.68. The number of aryl methyl sites for hydroxylation is 2. The van der Waals surface area contributed by atoms with Crippen molar-refractivity contribution in [3.8, 4) is 0 Å². The Balaban J connectivity index is 1.74. The number of hydrogen-bond acceptors (Lipinski definition) is 3. The largest absolute Gasteiger partial charge is 0.481 e. The molecule has 3 rings (SSSR count). The zero-order valence-electron chi connectivity index (χ0n) is 16.5. The number of piperidine rings is 1. The summed E-state index contributed by atoms with van der Waals surface area (Å²) in [4.78, 5) is 26.5. The highest BCUT2D eigenvalue weighted by atomic mass is 19.1. The number of aliphatic hydroxyl groups excluding tert-OH is 1. The first-order chi connectivity index (χ1) is 13.8. The third-order valence-electron chi connectivity index (χ3n) is 5.86. The highest BCUT2D eigenvalue weighted by molar-refractivity contribution is 5.80. The van der Waals surface area contributed by atoms with Crippen LogP contribution in [0.15, 0.2) is 48.5 Å². The normalized spacial score (nSPS) is 21.8. The highest BCUT2D eigenvalue weighted by Crippen LogP contribution is 2.35. The Kier molecular flexibility index (Phi) is 6.33. The Labute approximate surface area is 169 Å². The molecule has 2 aromatic rings. The maximum absolute atomic E-state index is 13.2. The summed E-state index contributed by atoms with van der Waals surface area (Å²) in [6, 6.07) is 13.4. The summed E-state index contributed by atoms with van der Waals surface area (Å²) < 4.78 is 13.2. The second-order valence-electron chi connectivity index (χ2n) is 7.81. The first-order valence-corrected chi connectivity index (χ1v) is 9.80. The van der Waals surface area contributed by atoms with E-state index in [4.69, 9.17) is 0 Å². The van der Waals surface area contributed by atoms with Gasteiger partial charge >= 0.3 is 5.97 Å². The van der Waals surface area contributed by atoms with E-state index in [2.05, 4.69) is 0 Å². The molecule has 0 aliphatic carbocycles. The molecule has 0 unspecified atom stereocenters. The predicted molar refractivity (Wildman–Crippen MR) is 107 cm³/mol. The van der Waals surface area contributed by atoms with E-state index in [-0.39, 0.29) is 31.7 Å². The van der Waals surface area contributed by atoms with E-state index in [0.29, 0.717) is 18.5 Å². The topological polar surface area (TPSA) is 77.8 Å². The van der Waals surface area contributed by atoms with Crippen molar-refractivity contribution < 1.29 is 24.2 Å². The molecule has 0 radical (unpaired) electrons. The van der Waals surface area contributed by atoms with Crippen LogP contribution in [0.5, 0.6) is 0 Å². The van der Waals surface area contributed by atoms with Crippen molar-refractivity contribution in [1.82, 2.24) is 4.90 Å². The van der Waals surface area contributed by atoms with Crippen LogP contribution in [0.2, 0.25) is 0 Å². The lowest BCUT2D eigenvalue weighted by molar-refractivity contribution is -0.165. The molecule has 1 amide bonds. The SMILES string of the molecule is Cc1ccccc1CCC(=O)N1CC[C@H](O)[C@](Cc2ccc(F)cc2)(C(=O)O)C1. The van der Waals surface area contributed by atoms with E-state index < -0.39 is 23.3 Å². The van der Waals surface area contributed by atoms with E-state index in [1.54, 1.807) is 4.90 Å². The average molecular weight is 399 g/mol. The number of carboxylic acid groups (broad SMARTS) is 1. The van der Waals surface area contributed by atoms with Crippen LogP contribution in [0.4, 0.5) is 4.39 Å². The Morgan fingerprint density at radius 3 is 2.52 bits per heavy atom. The van der Waals surface area contributed by atoms with Crippen LogP contribution in [0.3, 0.4) is 0 Å². The maximum Gasteiger partial charge on any atom is 0.314 e. The molecule has 0 saturated carbocycles. The zero-order chi connectivity index (χ0) is 21.0. The summed E-state index contributed by atoms with van der Waals surface area (Å²) in [6.45, 7) is 2.26. The average Bonchev–Trinajstić information content (AvgIpc) is 2.70. The lowest BCUT2D eigenvalue weighted by atomic mass is 9.72. The van der Waals surface area contributed by atoms with Gasteiger partial charge in [0.25, 0.3) is 0 Å². The molecule has 0 spiro atoms. The smallest absolute Gasteiger partial charge is 0.314 e. The minimum absolute atomic E-state index is 0.0331. The van der Waals surface area contributed by atoms with Crippen LogP contribution < -0.4 is 0 Å². The molecule has 1 aliphatic rings. The maximum atomic E-state index is 13.2. The molecule has 2 N–H and O–H groups in total. The molecule has 2 atom stereocenters. The summed E-state index contributed by atoms with van der Waals surface area (Å²) in [7, 11) is 0. The Hall–Kier alpha value is -2.73. The van der Waals surface area contributed by atoms with E-state index in [1.807, 2.05) is 31.2 Å². The van der Waals surface area contributed by atoms with Crippen LogP contribution in [0, 0.1) is 18.2 Å². The summed E-state index contributed by atoms with van der Waals surface area (Å²) >= 11 is 0. The molecule has 154 valence electrons. The molecule has 1 saturated heterocycles. The lowest BCUT2D eigenvalue weighted by Crippen LogP contribution is -2.58. The first-order valence-electron chi connectivity index (χ1n) is 9.80. The number of amides is 1. The molecule has 6 heteroatoms. The van der Waals surface area contributed by atoms with Crippen molar-refractivity contribution in [3.63, 3.8) is 0 Å². The monoisotopic (exact) mass is 399 g/mol. The Morgan fingerprint density at radius 2 is 1.86 bits per heavy atom. The van der Waals surface area contributed by atoms with E-state index in [9.17, 15) is 24.2 Å². The minimum atomic E-state index is -1.51. The molecule has 0 aromatic heterocycles. The van der Waals surface area contributed by atoms with Gasteiger partial charge in [-0.3, -0.25) is 9.59 Å². The fourth-order valence-corrected chi connectivity index (χ4v) is 4.01. The van der Waals surface area contributed by atoms with Gasteiger partial charge in [0.1, 0.15) is 11.2 Å². The van der Waals surface area contributed by atoms with Crippen LogP contribution in [0.25, 0.3) is 0 Å². The van der Waals surface area contributed by atoms with E-state index in [0.717, 1.165) is 11.1 Å². The summed E-state index contributed by atoms with van der Waals surface area (Å²) in [6.07, 6.45) is 0.0237. The number of nitrogens with zero attached hydrogens (tertiary/aromatic N) is 1. The standard InChI is InChI=1S/C23H26FNO4/c1-16-4-2-3-5-18(16)8-11-21(27)25-13-12-20(26)23(15-25,22(28)29)14-17-6-9-19(24)10-7-17/h2-7,9-10,20,26H,8,11-15H2,1H3,(H,28,29)/t20-,23+/m0/s1. The number of carboxylic acids is 1. The fourth-order valence-electron chi connectivity index (χ4n) is 4.01. The van der Waals surface area contributed by atoms with E-state index >= 15 is 0 Å². The molecule has 1 aliphatic heterocycles. The summed E-state index contributed by atoms with van der Waals surface area (Å²) in [5.41, 5.74) is 1.32. The molecule has 1 heterocycles. The predicted octanol–water partition coefficient (Wildman–Crippen LogP) is 2.97. The molecular formula is C23H26FNO4. The molecule has 29 heavy (non-hydrogen) atoms. The van der Waals surface area contributed by atoms with Crippen LogP contribution in [0.1, 0.15) is 29.5 Å². The van der Waals surface area contributed by atoms with Gasteiger partial charge < -0.3 is 15.1 Å². The van der Waals surface area contributed by atoms with Gasteiger partial charge in [-0.2, -0.15) is 0 Å². The van der Waals surface area contributed by atoms with Crippen molar-refractivity contribution in [2.75, 3.05) is 13.1 Å². The van der Waals surface area contributed by atoms with Crippen LogP contribution >= 0.6 is 0 Å². The number of aliphatic carboxylic acids is 1.